The van der Waals surface area contributed by atoms with Crippen LogP contribution in [0.25, 0.3) is 0 Å². The van der Waals surface area contributed by atoms with Gasteiger partial charge in [0.2, 0.25) is 0 Å². The average Bonchev–Trinajstić information content (AvgIpc) is 2.33. The van der Waals surface area contributed by atoms with Crippen molar-refractivity contribution in [1.82, 2.24) is 4.98 Å². The SMILES string of the molecule is Cc1cc(S(=O)(=O)Nc2ccncc2)ccc1Cl. The zero-order chi connectivity index (χ0) is 13.2. The molecule has 0 fully saturated rings. The van der Waals surface area contributed by atoms with Gasteiger partial charge in [-0.1, -0.05) is 11.6 Å². The van der Waals surface area contributed by atoms with Gasteiger partial charge in [0.1, 0.15) is 0 Å². The standard InChI is InChI=1S/C12H11ClN2O2S/c1-9-8-11(2-3-12(9)13)18(16,17)15-10-4-6-14-7-5-10/h2-8H,1H3,(H,14,15). The van der Waals surface area contributed by atoms with E-state index in [0.717, 1.165) is 0 Å². The Morgan fingerprint density at radius 3 is 2.44 bits per heavy atom. The van der Waals surface area contributed by atoms with Crippen molar-refractivity contribution in [1.29, 1.82) is 0 Å². The molecule has 94 valence electrons. The molecule has 0 radical (unpaired) electrons. The number of halogens is 1. The van der Waals surface area contributed by atoms with Crippen molar-refractivity contribution in [2.75, 3.05) is 4.72 Å². The van der Waals surface area contributed by atoms with Crippen LogP contribution in [0.1, 0.15) is 5.56 Å². The third-order valence-corrected chi connectivity index (χ3v) is 4.18. The van der Waals surface area contributed by atoms with Crippen LogP contribution in [0.3, 0.4) is 0 Å². The predicted octanol–water partition coefficient (Wildman–Crippen LogP) is 2.84. The van der Waals surface area contributed by atoms with Crippen molar-refractivity contribution < 1.29 is 8.42 Å². The second kappa shape index (κ2) is 4.96. The van der Waals surface area contributed by atoms with Crippen molar-refractivity contribution >= 4 is 27.3 Å². The molecule has 6 heteroatoms. The van der Waals surface area contributed by atoms with Gasteiger partial charge in [0.05, 0.1) is 10.6 Å². The molecule has 1 aromatic heterocycles. The lowest BCUT2D eigenvalue weighted by Gasteiger charge is -2.08. The van der Waals surface area contributed by atoms with Gasteiger partial charge in [0.15, 0.2) is 0 Å². The fourth-order valence-corrected chi connectivity index (χ4v) is 2.68. The van der Waals surface area contributed by atoms with Gasteiger partial charge in [-0.3, -0.25) is 9.71 Å². The van der Waals surface area contributed by atoms with Crippen LogP contribution in [0.5, 0.6) is 0 Å². The van der Waals surface area contributed by atoms with E-state index in [9.17, 15) is 8.42 Å². The Kier molecular flexibility index (Phi) is 3.54. The second-order valence-electron chi connectivity index (χ2n) is 3.75. The highest BCUT2D eigenvalue weighted by molar-refractivity contribution is 7.92. The van der Waals surface area contributed by atoms with E-state index in [1.165, 1.54) is 24.5 Å². The summed E-state index contributed by atoms with van der Waals surface area (Å²) in [6.45, 7) is 1.76. The molecule has 1 aromatic carbocycles. The van der Waals surface area contributed by atoms with Crippen molar-refractivity contribution in [2.45, 2.75) is 11.8 Å². The van der Waals surface area contributed by atoms with Crippen LogP contribution < -0.4 is 4.72 Å². The zero-order valence-electron chi connectivity index (χ0n) is 9.59. The first-order valence-corrected chi connectivity index (χ1v) is 7.04. The molecule has 0 aliphatic heterocycles. The summed E-state index contributed by atoms with van der Waals surface area (Å²) in [5.74, 6) is 0. The van der Waals surface area contributed by atoms with Crippen LogP contribution in [0.15, 0.2) is 47.6 Å². The number of nitrogens with zero attached hydrogens (tertiary/aromatic N) is 1. The van der Waals surface area contributed by atoms with Crippen LogP contribution in [-0.2, 0) is 10.0 Å². The second-order valence-corrected chi connectivity index (χ2v) is 5.84. The smallest absolute Gasteiger partial charge is 0.261 e. The minimum absolute atomic E-state index is 0.182. The minimum atomic E-state index is -3.59. The summed E-state index contributed by atoms with van der Waals surface area (Å²) < 4.78 is 26.7. The van der Waals surface area contributed by atoms with Crippen molar-refractivity contribution in [3.8, 4) is 0 Å². The number of rotatable bonds is 3. The van der Waals surface area contributed by atoms with Crippen LogP contribution >= 0.6 is 11.6 Å². The van der Waals surface area contributed by atoms with Gasteiger partial charge in [0.25, 0.3) is 10.0 Å². The number of pyridine rings is 1. The van der Waals surface area contributed by atoms with E-state index < -0.39 is 10.0 Å². The first kappa shape index (κ1) is 12.9. The molecule has 2 aromatic rings. The van der Waals surface area contributed by atoms with E-state index in [1.54, 1.807) is 25.1 Å². The number of aromatic nitrogens is 1. The molecule has 1 heterocycles. The Balaban J connectivity index is 2.34. The summed E-state index contributed by atoms with van der Waals surface area (Å²) in [5.41, 5.74) is 1.19. The number of sulfonamides is 1. The topological polar surface area (TPSA) is 59.1 Å². The molecule has 0 saturated heterocycles. The van der Waals surface area contributed by atoms with Gasteiger partial charge in [-0.25, -0.2) is 8.42 Å². The molecule has 0 aliphatic rings. The number of anilines is 1. The lowest BCUT2D eigenvalue weighted by molar-refractivity contribution is 0.601. The summed E-state index contributed by atoms with van der Waals surface area (Å²) in [7, 11) is -3.59. The highest BCUT2D eigenvalue weighted by Gasteiger charge is 2.14. The van der Waals surface area contributed by atoms with Crippen LogP contribution in [0, 0.1) is 6.92 Å². The van der Waals surface area contributed by atoms with Gasteiger partial charge in [0, 0.05) is 17.4 Å². The lowest BCUT2D eigenvalue weighted by Crippen LogP contribution is -2.13. The molecular formula is C12H11ClN2O2S. The van der Waals surface area contributed by atoms with Gasteiger partial charge in [-0.2, -0.15) is 0 Å². The molecule has 0 atom stereocenters. The van der Waals surface area contributed by atoms with E-state index in [2.05, 4.69) is 9.71 Å². The summed E-state index contributed by atoms with van der Waals surface area (Å²) >= 11 is 5.87. The Bertz CT molecular complexity index is 657. The zero-order valence-corrected chi connectivity index (χ0v) is 11.2. The van der Waals surface area contributed by atoms with E-state index in [-0.39, 0.29) is 4.90 Å². The number of nitrogens with one attached hydrogen (secondary N) is 1. The maximum Gasteiger partial charge on any atom is 0.261 e. The predicted molar refractivity (Wildman–Crippen MR) is 71.2 cm³/mol. The first-order valence-electron chi connectivity index (χ1n) is 5.18. The first-order chi connectivity index (χ1) is 8.49. The normalized spacial score (nSPS) is 11.2. The van der Waals surface area contributed by atoms with Crippen LogP contribution in [0.4, 0.5) is 5.69 Å². The quantitative estimate of drug-likeness (QED) is 0.942. The van der Waals surface area contributed by atoms with Gasteiger partial charge in [-0.15, -0.1) is 0 Å². The summed E-state index contributed by atoms with van der Waals surface area (Å²) in [6, 6.07) is 7.74. The fourth-order valence-electron chi connectivity index (χ4n) is 1.42. The largest absolute Gasteiger partial charge is 0.280 e. The molecule has 0 bridgehead atoms. The molecule has 1 N–H and O–H groups in total. The summed E-state index contributed by atoms with van der Waals surface area (Å²) in [6.07, 6.45) is 3.04. The van der Waals surface area contributed by atoms with Crippen molar-refractivity contribution in [3.05, 3.63) is 53.3 Å². The molecule has 0 unspecified atom stereocenters. The van der Waals surface area contributed by atoms with Crippen LogP contribution in [0.2, 0.25) is 5.02 Å². The van der Waals surface area contributed by atoms with Gasteiger partial charge < -0.3 is 0 Å². The highest BCUT2D eigenvalue weighted by atomic mass is 35.5. The Morgan fingerprint density at radius 1 is 1.17 bits per heavy atom. The average molecular weight is 283 g/mol. The third-order valence-electron chi connectivity index (χ3n) is 2.37. The van der Waals surface area contributed by atoms with E-state index in [1.807, 2.05) is 0 Å². The maximum absolute atomic E-state index is 12.1. The number of hydrogen-bond acceptors (Lipinski definition) is 3. The van der Waals surface area contributed by atoms with E-state index in [4.69, 9.17) is 11.6 Å². The summed E-state index contributed by atoms with van der Waals surface area (Å²) in [4.78, 5) is 4.00. The van der Waals surface area contributed by atoms with E-state index in [0.29, 0.717) is 16.3 Å². The lowest BCUT2D eigenvalue weighted by atomic mass is 10.2. The Morgan fingerprint density at radius 2 is 1.83 bits per heavy atom. The molecule has 0 amide bonds. The van der Waals surface area contributed by atoms with Crippen LogP contribution in [-0.4, -0.2) is 13.4 Å². The molecule has 0 aliphatic carbocycles. The fraction of sp³-hybridized carbons (Fsp3) is 0.0833. The molecule has 0 spiro atoms. The molecule has 4 nitrogen and oxygen atoms in total. The van der Waals surface area contributed by atoms with Gasteiger partial charge in [-0.05, 0) is 42.8 Å². The number of aryl methyl sites for hydroxylation is 1. The number of benzene rings is 1. The van der Waals surface area contributed by atoms with Crippen molar-refractivity contribution in [3.63, 3.8) is 0 Å². The highest BCUT2D eigenvalue weighted by Crippen LogP contribution is 2.21. The monoisotopic (exact) mass is 282 g/mol. The van der Waals surface area contributed by atoms with Gasteiger partial charge >= 0.3 is 0 Å². The molecule has 2 rings (SSSR count). The Labute approximate surface area is 111 Å². The molecule has 18 heavy (non-hydrogen) atoms. The minimum Gasteiger partial charge on any atom is -0.280 e. The molecule has 0 saturated carbocycles. The maximum atomic E-state index is 12.1. The van der Waals surface area contributed by atoms with E-state index >= 15 is 0 Å². The summed E-state index contributed by atoms with van der Waals surface area (Å²) in [5, 5.41) is 0.540. The third kappa shape index (κ3) is 2.80. The Hall–Kier alpha value is -1.59. The number of hydrogen-bond donors (Lipinski definition) is 1. The molecular weight excluding hydrogens is 272 g/mol. The van der Waals surface area contributed by atoms with Crippen molar-refractivity contribution in [2.24, 2.45) is 0 Å².